The maximum Gasteiger partial charge on any atom is 0.446 e. The number of morpholine rings is 1. The van der Waals surface area contributed by atoms with Crippen LogP contribution in [0, 0.1) is 0 Å². The van der Waals surface area contributed by atoms with Crippen LogP contribution in [0.25, 0.3) is 0 Å². The van der Waals surface area contributed by atoms with Gasteiger partial charge in [-0.2, -0.15) is 0 Å². The van der Waals surface area contributed by atoms with Crippen LogP contribution in [-0.2, 0) is 9.57 Å². The van der Waals surface area contributed by atoms with Crippen molar-refractivity contribution in [2.45, 2.75) is 23.2 Å². The number of carbonyl (C=O) groups excluding carboxylic acids is 1. The molecule has 2 unspecified atom stereocenters. The van der Waals surface area contributed by atoms with Crippen molar-refractivity contribution in [3.05, 3.63) is 0 Å². The second-order valence-corrected chi connectivity index (χ2v) is 9.81. The first kappa shape index (κ1) is 17.3. The largest absolute Gasteiger partial charge is 0.446 e. The monoisotopic (exact) mass is 351 g/mol. The standard InChI is InChI=1S/C12H21N3O3S3/c1-10-8-19-12(2,20-10)9-13-18-11(16)14(3)21-15-4-6-17-7-5-15/h9-10H,4-8H2,1-3H3. The van der Waals surface area contributed by atoms with E-state index in [-0.39, 0.29) is 4.08 Å². The number of amides is 1. The molecule has 21 heavy (non-hydrogen) atoms. The summed E-state index contributed by atoms with van der Waals surface area (Å²) in [5.74, 6) is 1.09. The fraction of sp³-hybridized carbons (Fsp3) is 0.833. The van der Waals surface area contributed by atoms with Gasteiger partial charge < -0.3 is 4.74 Å². The van der Waals surface area contributed by atoms with Gasteiger partial charge in [-0.1, -0.05) is 12.1 Å². The Hall–Kier alpha value is -0.0900. The van der Waals surface area contributed by atoms with Crippen LogP contribution in [0.2, 0.25) is 0 Å². The van der Waals surface area contributed by atoms with Gasteiger partial charge in [0.15, 0.2) is 0 Å². The molecule has 6 nitrogen and oxygen atoms in total. The van der Waals surface area contributed by atoms with Crippen molar-refractivity contribution in [3.63, 3.8) is 0 Å². The fourth-order valence-corrected chi connectivity index (χ4v) is 5.67. The molecule has 0 bridgehead atoms. The minimum absolute atomic E-state index is 0.102. The zero-order chi connectivity index (χ0) is 15.3. The summed E-state index contributed by atoms with van der Waals surface area (Å²) in [5.41, 5.74) is 0. The van der Waals surface area contributed by atoms with Gasteiger partial charge in [0.2, 0.25) is 0 Å². The Morgan fingerprint density at radius 3 is 2.90 bits per heavy atom. The second-order valence-electron chi connectivity index (χ2n) is 4.97. The molecule has 0 N–H and O–H groups in total. The van der Waals surface area contributed by atoms with E-state index >= 15 is 0 Å². The van der Waals surface area contributed by atoms with Gasteiger partial charge in [-0.15, -0.1) is 23.5 Å². The molecule has 0 saturated carbocycles. The van der Waals surface area contributed by atoms with E-state index in [9.17, 15) is 4.79 Å². The van der Waals surface area contributed by atoms with Crippen molar-refractivity contribution in [2.75, 3.05) is 39.1 Å². The average molecular weight is 352 g/mol. The molecule has 2 atom stereocenters. The van der Waals surface area contributed by atoms with Gasteiger partial charge in [-0.3, -0.25) is 4.84 Å². The van der Waals surface area contributed by atoms with Gasteiger partial charge in [-0.05, 0) is 6.92 Å². The van der Waals surface area contributed by atoms with E-state index in [4.69, 9.17) is 9.57 Å². The Balaban J connectivity index is 1.73. The van der Waals surface area contributed by atoms with E-state index in [0.29, 0.717) is 18.5 Å². The summed E-state index contributed by atoms with van der Waals surface area (Å²) in [6, 6.07) is 0. The lowest BCUT2D eigenvalue weighted by atomic mass is 10.5. The highest BCUT2D eigenvalue weighted by Gasteiger charge is 2.33. The third-order valence-electron chi connectivity index (χ3n) is 2.92. The molecule has 2 aliphatic heterocycles. The summed E-state index contributed by atoms with van der Waals surface area (Å²) in [5, 5.41) is 4.46. The Labute approximate surface area is 138 Å². The van der Waals surface area contributed by atoms with Crippen molar-refractivity contribution < 1.29 is 14.4 Å². The predicted molar refractivity (Wildman–Crippen MR) is 90.6 cm³/mol. The third-order valence-corrected chi connectivity index (χ3v) is 7.25. The van der Waals surface area contributed by atoms with Gasteiger partial charge in [0, 0.05) is 43.3 Å². The number of rotatable bonds is 4. The molecule has 1 amide bonds. The number of thioether (sulfide) groups is 2. The normalized spacial score (nSPS) is 30.7. The zero-order valence-corrected chi connectivity index (χ0v) is 14.9. The second kappa shape index (κ2) is 7.96. The van der Waals surface area contributed by atoms with E-state index in [1.54, 1.807) is 13.3 Å². The molecule has 0 aromatic rings. The maximum atomic E-state index is 11.9. The fourth-order valence-electron chi connectivity index (χ4n) is 1.88. The van der Waals surface area contributed by atoms with Crippen LogP contribution < -0.4 is 0 Å². The molecular weight excluding hydrogens is 330 g/mol. The minimum Gasteiger partial charge on any atom is -0.379 e. The molecule has 2 aliphatic rings. The summed E-state index contributed by atoms with van der Waals surface area (Å²) >= 11 is 5.00. The number of carbonyl (C=O) groups is 1. The number of hydrogen-bond acceptors (Lipinski definition) is 8. The summed E-state index contributed by atoms with van der Waals surface area (Å²) < 4.78 is 8.68. The molecule has 0 aromatic heterocycles. The molecule has 9 heteroatoms. The topological polar surface area (TPSA) is 54.4 Å². The Morgan fingerprint density at radius 2 is 2.29 bits per heavy atom. The van der Waals surface area contributed by atoms with Crippen LogP contribution >= 0.6 is 35.7 Å². The van der Waals surface area contributed by atoms with Crippen molar-refractivity contribution in [3.8, 4) is 0 Å². The summed E-state index contributed by atoms with van der Waals surface area (Å²) in [6.45, 7) is 7.27. The highest BCUT2D eigenvalue weighted by atomic mass is 32.2. The summed E-state index contributed by atoms with van der Waals surface area (Å²) in [4.78, 5) is 16.8. The lowest BCUT2D eigenvalue weighted by Gasteiger charge is -2.27. The van der Waals surface area contributed by atoms with Crippen LogP contribution in [0.15, 0.2) is 5.16 Å². The Bertz CT molecular complexity index is 393. The first-order valence-corrected chi connectivity index (χ1v) is 9.40. The Morgan fingerprint density at radius 1 is 1.57 bits per heavy atom. The molecule has 2 fully saturated rings. The van der Waals surface area contributed by atoms with Gasteiger partial charge >= 0.3 is 6.09 Å². The molecular formula is C12H21N3O3S3. The van der Waals surface area contributed by atoms with Crippen molar-refractivity contribution in [1.29, 1.82) is 0 Å². The van der Waals surface area contributed by atoms with Crippen LogP contribution in [-0.4, -0.2) is 69.4 Å². The molecule has 2 saturated heterocycles. The first-order valence-electron chi connectivity index (χ1n) is 6.80. The number of ether oxygens (including phenoxy) is 1. The van der Waals surface area contributed by atoms with Gasteiger partial charge in [0.1, 0.15) is 0 Å². The smallest absolute Gasteiger partial charge is 0.379 e. The maximum absolute atomic E-state index is 11.9. The van der Waals surface area contributed by atoms with E-state index in [2.05, 4.69) is 23.3 Å². The highest BCUT2D eigenvalue weighted by molar-refractivity contribution is 8.22. The predicted octanol–water partition coefficient (Wildman–Crippen LogP) is 2.52. The van der Waals surface area contributed by atoms with Gasteiger partial charge in [0.05, 0.1) is 23.5 Å². The Kier molecular flexibility index (Phi) is 6.54. The molecule has 2 heterocycles. The SMILES string of the molecule is CC1CSC(C)(C=NOC(=O)N(C)SN2CCOCC2)S1. The van der Waals surface area contributed by atoms with Crippen molar-refractivity contribution in [2.24, 2.45) is 5.16 Å². The van der Waals surface area contributed by atoms with Gasteiger partial charge in [-0.25, -0.2) is 13.4 Å². The van der Waals surface area contributed by atoms with Crippen LogP contribution in [0.4, 0.5) is 4.79 Å². The molecule has 2 rings (SSSR count). The minimum atomic E-state index is -0.465. The lowest BCUT2D eigenvalue weighted by molar-refractivity contribution is 0.0753. The van der Waals surface area contributed by atoms with E-state index < -0.39 is 6.09 Å². The highest BCUT2D eigenvalue weighted by Crippen LogP contribution is 2.46. The zero-order valence-electron chi connectivity index (χ0n) is 12.5. The van der Waals surface area contributed by atoms with Crippen LogP contribution in [0.5, 0.6) is 0 Å². The third kappa shape index (κ3) is 5.55. The molecule has 0 spiro atoms. The van der Waals surface area contributed by atoms with Gasteiger partial charge in [0.25, 0.3) is 0 Å². The molecule has 0 radical (unpaired) electrons. The number of hydrogen-bond donors (Lipinski definition) is 0. The summed E-state index contributed by atoms with van der Waals surface area (Å²) in [7, 11) is 1.68. The summed E-state index contributed by atoms with van der Waals surface area (Å²) in [6.07, 6.45) is 1.25. The van der Waals surface area contributed by atoms with Crippen molar-refractivity contribution in [1.82, 2.24) is 8.61 Å². The molecule has 0 aliphatic carbocycles. The first-order chi connectivity index (χ1) is 9.98. The quantitative estimate of drug-likeness (QED) is 0.334. The average Bonchev–Trinajstić information content (AvgIpc) is 2.79. The molecule has 120 valence electrons. The van der Waals surface area contributed by atoms with E-state index in [1.807, 2.05) is 23.5 Å². The molecule has 0 aromatic carbocycles. The van der Waals surface area contributed by atoms with Crippen LogP contribution in [0.1, 0.15) is 13.8 Å². The number of oxime groups is 1. The van der Waals surface area contributed by atoms with E-state index in [1.165, 1.54) is 16.4 Å². The van der Waals surface area contributed by atoms with E-state index in [0.717, 1.165) is 18.8 Å². The van der Waals surface area contributed by atoms with Crippen LogP contribution in [0.3, 0.4) is 0 Å². The number of nitrogens with zero attached hydrogens (tertiary/aromatic N) is 3. The lowest BCUT2D eigenvalue weighted by Crippen LogP contribution is -2.35. The van der Waals surface area contributed by atoms with Crippen molar-refractivity contribution >= 4 is 48.0 Å².